The smallest absolute Gasteiger partial charge is 0.335 e. The Morgan fingerprint density at radius 3 is 2.96 bits per heavy atom. The number of hydrogen-bond donors (Lipinski definition) is 2. The summed E-state index contributed by atoms with van der Waals surface area (Å²) >= 11 is 0. The number of hydrogen-bond acceptors (Lipinski definition) is 5. The number of fused-ring (bicyclic) bond motifs is 1. The van der Waals surface area contributed by atoms with Gasteiger partial charge in [-0.25, -0.2) is 4.79 Å². The Morgan fingerprint density at radius 2 is 2.19 bits per heavy atom. The van der Waals surface area contributed by atoms with Gasteiger partial charge in [0.05, 0.1) is 24.2 Å². The third-order valence-corrected chi connectivity index (χ3v) is 7.53. The molecule has 0 amide bonds. The van der Waals surface area contributed by atoms with Crippen molar-refractivity contribution in [2.24, 2.45) is 5.41 Å². The number of aliphatic hydroxyl groups excluding tert-OH is 1. The van der Waals surface area contributed by atoms with Crippen LogP contribution < -0.4 is 5.32 Å². The summed E-state index contributed by atoms with van der Waals surface area (Å²) in [5.41, 5.74) is 3.57. The molecule has 4 atom stereocenters. The number of piperidine rings is 1. The minimum Gasteiger partial charge on any atom is -0.466 e. The Bertz CT molecular complexity index is 819. The molecule has 1 spiro atoms. The topological polar surface area (TPSA) is 61.8 Å². The molecule has 5 nitrogen and oxygen atoms in total. The SMILES string of the molecule is CC[C@@]12CC(C(=O)OC)=C3Nc4ccccc4[C@@]34CCN(CC[C@H]1O)[C@@H]24. The number of nitrogens with zero attached hydrogens (tertiary/aromatic N) is 1. The maximum Gasteiger partial charge on any atom is 0.335 e. The molecule has 0 saturated carbocycles. The van der Waals surface area contributed by atoms with Crippen molar-refractivity contribution in [3.05, 3.63) is 41.1 Å². The largest absolute Gasteiger partial charge is 0.466 e. The lowest BCUT2D eigenvalue weighted by Gasteiger charge is -2.57. The van der Waals surface area contributed by atoms with E-state index in [9.17, 15) is 9.90 Å². The number of benzene rings is 1. The van der Waals surface area contributed by atoms with E-state index in [-0.39, 0.29) is 22.8 Å². The molecular formula is C21H26N2O3. The summed E-state index contributed by atoms with van der Waals surface area (Å²) in [7, 11) is 1.45. The van der Waals surface area contributed by atoms with Gasteiger partial charge in [-0.3, -0.25) is 4.90 Å². The molecule has 138 valence electrons. The van der Waals surface area contributed by atoms with Crippen LogP contribution in [0.3, 0.4) is 0 Å². The summed E-state index contributed by atoms with van der Waals surface area (Å²) in [6, 6.07) is 8.64. The second kappa shape index (κ2) is 5.33. The molecule has 1 aromatic rings. The third-order valence-electron chi connectivity index (χ3n) is 7.53. The van der Waals surface area contributed by atoms with E-state index in [1.165, 1.54) is 12.7 Å². The summed E-state index contributed by atoms with van der Waals surface area (Å²) in [5.74, 6) is -0.262. The number of ether oxygens (including phenoxy) is 1. The molecule has 0 aromatic heterocycles. The fourth-order valence-corrected chi connectivity index (χ4v) is 6.48. The van der Waals surface area contributed by atoms with Gasteiger partial charge in [0.1, 0.15) is 0 Å². The number of nitrogens with one attached hydrogen (secondary N) is 1. The molecule has 0 unspecified atom stereocenters. The number of carbonyl (C=O) groups excluding carboxylic acids is 1. The monoisotopic (exact) mass is 354 g/mol. The van der Waals surface area contributed by atoms with E-state index < -0.39 is 6.10 Å². The molecule has 0 bridgehead atoms. The molecule has 1 aromatic carbocycles. The predicted molar refractivity (Wildman–Crippen MR) is 98.7 cm³/mol. The molecule has 0 radical (unpaired) electrons. The van der Waals surface area contributed by atoms with Crippen LogP contribution in [0.1, 0.15) is 38.2 Å². The lowest BCUT2D eigenvalue weighted by molar-refractivity contribution is -0.139. The van der Waals surface area contributed by atoms with E-state index >= 15 is 0 Å². The van der Waals surface area contributed by atoms with Crippen molar-refractivity contribution in [1.29, 1.82) is 0 Å². The summed E-state index contributed by atoms with van der Waals surface area (Å²) in [4.78, 5) is 15.3. The zero-order valence-corrected chi connectivity index (χ0v) is 15.4. The number of esters is 1. The minimum atomic E-state index is -0.391. The van der Waals surface area contributed by atoms with Crippen molar-refractivity contribution >= 4 is 11.7 Å². The van der Waals surface area contributed by atoms with Crippen LogP contribution in [0.25, 0.3) is 0 Å². The van der Waals surface area contributed by atoms with Crippen LogP contribution in [0.2, 0.25) is 0 Å². The van der Waals surface area contributed by atoms with Gasteiger partial charge >= 0.3 is 5.97 Å². The quantitative estimate of drug-likeness (QED) is 0.799. The number of aliphatic hydroxyl groups is 1. The molecule has 2 fully saturated rings. The molecule has 5 heteroatoms. The normalized spacial score (nSPS) is 37.7. The van der Waals surface area contributed by atoms with Crippen LogP contribution in [0.5, 0.6) is 0 Å². The second-order valence-corrected chi connectivity index (χ2v) is 8.24. The van der Waals surface area contributed by atoms with Gasteiger partial charge in [0, 0.05) is 29.4 Å². The highest BCUT2D eigenvalue weighted by Gasteiger charge is 2.68. The van der Waals surface area contributed by atoms with Crippen LogP contribution in [-0.4, -0.2) is 48.3 Å². The first-order valence-electron chi connectivity index (χ1n) is 9.69. The van der Waals surface area contributed by atoms with Gasteiger partial charge in [0.25, 0.3) is 0 Å². The molecule has 26 heavy (non-hydrogen) atoms. The summed E-state index contributed by atoms with van der Waals surface area (Å²) in [6.07, 6.45) is 2.80. The van der Waals surface area contributed by atoms with Crippen molar-refractivity contribution in [1.82, 2.24) is 4.90 Å². The lowest BCUT2D eigenvalue weighted by atomic mass is 9.52. The van der Waals surface area contributed by atoms with Gasteiger partial charge in [0.15, 0.2) is 0 Å². The second-order valence-electron chi connectivity index (χ2n) is 8.24. The Kier molecular flexibility index (Phi) is 3.35. The van der Waals surface area contributed by atoms with Gasteiger partial charge in [-0.2, -0.15) is 0 Å². The van der Waals surface area contributed by atoms with Gasteiger partial charge < -0.3 is 15.2 Å². The van der Waals surface area contributed by atoms with Gasteiger partial charge in [-0.05, 0) is 43.9 Å². The van der Waals surface area contributed by atoms with E-state index in [2.05, 4.69) is 35.3 Å². The van der Waals surface area contributed by atoms with Crippen molar-refractivity contribution in [2.75, 3.05) is 25.5 Å². The maximum atomic E-state index is 12.8. The number of para-hydroxylation sites is 1. The van der Waals surface area contributed by atoms with Crippen molar-refractivity contribution in [3.63, 3.8) is 0 Å². The van der Waals surface area contributed by atoms with Crippen molar-refractivity contribution in [2.45, 2.75) is 50.2 Å². The van der Waals surface area contributed by atoms with Crippen LogP contribution >= 0.6 is 0 Å². The highest BCUT2D eigenvalue weighted by atomic mass is 16.5. The number of carbonyl (C=O) groups is 1. The molecule has 3 heterocycles. The van der Waals surface area contributed by atoms with Crippen molar-refractivity contribution < 1.29 is 14.6 Å². The van der Waals surface area contributed by atoms with Gasteiger partial charge in [0.2, 0.25) is 0 Å². The van der Waals surface area contributed by atoms with E-state index in [0.717, 1.165) is 49.3 Å². The average Bonchev–Trinajstić information content (AvgIpc) is 3.23. The number of methoxy groups -OCH3 is 1. The minimum absolute atomic E-state index is 0.225. The summed E-state index contributed by atoms with van der Waals surface area (Å²) in [5, 5.41) is 14.7. The van der Waals surface area contributed by atoms with E-state index in [4.69, 9.17) is 4.74 Å². The van der Waals surface area contributed by atoms with Crippen LogP contribution in [0, 0.1) is 5.41 Å². The molecule has 1 aliphatic carbocycles. The summed E-state index contributed by atoms with van der Waals surface area (Å²) < 4.78 is 5.17. The first-order chi connectivity index (χ1) is 12.6. The van der Waals surface area contributed by atoms with Gasteiger partial charge in [-0.1, -0.05) is 25.1 Å². The number of rotatable bonds is 2. The van der Waals surface area contributed by atoms with E-state index in [1.54, 1.807) is 0 Å². The highest BCUT2D eigenvalue weighted by Crippen LogP contribution is 2.65. The third kappa shape index (κ3) is 1.71. The van der Waals surface area contributed by atoms with Gasteiger partial charge in [-0.15, -0.1) is 0 Å². The van der Waals surface area contributed by atoms with Crippen LogP contribution in [0.4, 0.5) is 5.69 Å². The summed E-state index contributed by atoms with van der Waals surface area (Å²) in [6.45, 7) is 4.10. The van der Waals surface area contributed by atoms with E-state index in [1.807, 2.05) is 6.07 Å². The Labute approximate surface area is 154 Å². The predicted octanol–water partition coefficient (Wildman–Crippen LogP) is 2.42. The van der Waals surface area contributed by atoms with E-state index in [0.29, 0.717) is 6.42 Å². The van der Waals surface area contributed by atoms with Crippen molar-refractivity contribution in [3.8, 4) is 0 Å². The molecule has 2 N–H and O–H groups in total. The standard InChI is InChI=1S/C21H26N2O3/c1-3-20-12-13(18(25)26-2)17-21(14-6-4-5-7-15(14)22-17)9-11-23(19(20)21)10-8-16(20)24/h4-7,16,19,22,24H,3,8-12H2,1-2H3/t16-,19+,20-,21+/m1/s1. The lowest BCUT2D eigenvalue weighted by Crippen LogP contribution is -2.64. The number of anilines is 1. The molecule has 4 aliphatic rings. The zero-order chi connectivity index (χ0) is 18.1. The molecular weight excluding hydrogens is 328 g/mol. The first-order valence-corrected chi connectivity index (χ1v) is 9.69. The average molecular weight is 354 g/mol. The Balaban J connectivity index is 1.83. The zero-order valence-electron chi connectivity index (χ0n) is 15.4. The fourth-order valence-electron chi connectivity index (χ4n) is 6.48. The Hall–Kier alpha value is -1.85. The highest BCUT2D eigenvalue weighted by molar-refractivity contribution is 5.93. The Morgan fingerprint density at radius 1 is 1.38 bits per heavy atom. The molecule has 2 saturated heterocycles. The van der Waals surface area contributed by atoms with Crippen LogP contribution in [0.15, 0.2) is 35.5 Å². The first kappa shape index (κ1) is 16.3. The van der Waals surface area contributed by atoms with Crippen LogP contribution in [-0.2, 0) is 14.9 Å². The molecule has 3 aliphatic heterocycles. The maximum absolute atomic E-state index is 12.8. The fraction of sp³-hybridized carbons (Fsp3) is 0.571. The molecule has 5 rings (SSSR count).